The summed E-state index contributed by atoms with van der Waals surface area (Å²) in [6.45, 7) is 2.20. The van der Waals surface area contributed by atoms with E-state index in [4.69, 9.17) is 0 Å². The summed E-state index contributed by atoms with van der Waals surface area (Å²) in [5, 5.41) is 0. The highest BCUT2D eigenvalue weighted by Crippen LogP contribution is 2.05. The van der Waals surface area contributed by atoms with Crippen LogP contribution in [-0.4, -0.2) is 20.4 Å². The van der Waals surface area contributed by atoms with E-state index in [2.05, 4.69) is 6.92 Å². The van der Waals surface area contributed by atoms with Crippen LogP contribution >= 0.6 is 0 Å². The van der Waals surface area contributed by atoms with Gasteiger partial charge in [-0.2, -0.15) is 0 Å². The molecule has 0 aliphatic rings. The zero-order chi connectivity index (χ0) is 10.9. The Kier molecular flexibility index (Phi) is 7.86. The standard InChI is InChI=1S/C11H22O2S/c1-3-4-5-6-7-8-9-10-11-14(2,12)13/h9-10H,3-8,11H2,1-2H3/b10-9+. The van der Waals surface area contributed by atoms with Crippen LogP contribution in [0.3, 0.4) is 0 Å². The lowest BCUT2D eigenvalue weighted by Crippen LogP contribution is -1.98. The Labute approximate surface area is 88.3 Å². The highest BCUT2D eigenvalue weighted by atomic mass is 32.2. The fraction of sp³-hybridized carbons (Fsp3) is 0.818. The smallest absolute Gasteiger partial charge is 0.150 e. The molecule has 0 aliphatic heterocycles. The van der Waals surface area contributed by atoms with Gasteiger partial charge in [-0.25, -0.2) is 8.42 Å². The summed E-state index contributed by atoms with van der Waals surface area (Å²) >= 11 is 0. The predicted molar refractivity (Wildman–Crippen MR) is 62.2 cm³/mol. The third-order valence-electron chi connectivity index (χ3n) is 2.04. The Hall–Kier alpha value is -0.310. The molecule has 0 aromatic heterocycles. The molecule has 0 atom stereocenters. The zero-order valence-corrected chi connectivity index (χ0v) is 10.1. The molecule has 0 N–H and O–H groups in total. The topological polar surface area (TPSA) is 34.1 Å². The van der Waals surface area contributed by atoms with Crippen molar-refractivity contribution in [1.29, 1.82) is 0 Å². The molecule has 84 valence electrons. The van der Waals surface area contributed by atoms with Crippen LogP contribution in [0.1, 0.15) is 45.4 Å². The van der Waals surface area contributed by atoms with Gasteiger partial charge >= 0.3 is 0 Å². The maximum atomic E-state index is 10.8. The van der Waals surface area contributed by atoms with Crippen molar-refractivity contribution in [2.45, 2.75) is 45.4 Å². The Morgan fingerprint density at radius 2 is 1.64 bits per heavy atom. The molecule has 0 saturated heterocycles. The largest absolute Gasteiger partial charge is 0.229 e. The molecule has 14 heavy (non-hydrogen) atoms. The first kappa shape index (κ1) is 13.7. The molecule has 3 heteroatoms. The second-order valence-electron chi connectivity index (χ2n) is 3.77. The first-order chi connectivity index (χ1) is 6.56. The number of rotatable bonds is 8. The monoisotopic (exact) mass is 218 g/mol. The van der Waals surface area contributed by atoms with Crippen LogP contribution in [0.25, 0.3) is 0 Å². The third-order valence-corrected chi connectivity index (χ3v) is 2.84. The molecule has 0 rings (SSSR count). The average molecular weight is 218 g/mol. The minimum atomic E-state index is -2.81. The summed E-state index contributed by atoms with van der Waals surface area (Å²) in [7, 11) is -2.81. The van der Waals surface area contributed by atoms with Crippen LogP contribution in [-0.2, 0) is 9.84 Å². The lowest BCUT2D eigenvalue weighted by molar-refractivity contribution is 0.604. The maximum Gasteiger partial charge on any atom is 0.150 e. The van der Waals surface area contributed by atoms with Crippen molar-refractivity contribution < 1.29 is 8.42 Å². The van der Waals surface area contributed by atoms with Crippen LogP contribution in [0.2, 0.25) is 0 Å². The molecule has 0 bridgehead atoms. The fourth-order valence-corrected chi connectivity index (χ4v) is 1.71. The van der Waals surface area contributed by atoms with Crippen molar-refractivity contribution >= 4 is 9.84 Å². The lowest BCUT2D eigenvalue weighted by atomic mass is 10.1. The molecule has 0 aromatic carbocycles. The van der Waals surface area contributed by atoms with E-state index in [0.29, 0.717) is 0 Å². The molecule has 2 nitrogen and oxygen atoms in total. The van der Waals surface area contributed by atoms with Gasteiger partial charge in [-0.05, 0) is 12.8 Å². The van der Waals surface area contributed by atoms with Gasteiger partial charge in [0.05, 0.1) is 5.75 Å². The first-order valence-corrected chi connectivity index (χ1v) is 7.45. The van der Waals surface area contributed by atoms with E-state index < -0.39 is 9.84 Å². The summed E-state index contributed by atoms with van der Waals surface area (Å²) in [6.07, 6.45) is 12.3. The normalized spacial score (nSPS) is 12.4. The van der Waals surface area contributed by atoms with Crippen LogP contribution in [0, 0.1) is 0 Å². The van der Waals surface area contributed by atoms with Crippen molar-refractivity contribution in [3.8, 4) is 0 Å². The number of hydrogen-bond acceptors (Lipinski definition) is 2. The summed E-state index contributed by atoms with van der Waals surface area (Å²) < 4.78 is 21.5. The second-order valence-corrected chi connectivity index (χ2v) is 5.95. The molecule has 0 aromatic rings. The molecule has 0 unspecified atom stereocenters. The first-order valence-electron chi connectivity index (χ1n) is 5.39. The second kappa shape index (κ2) is 8.04. The maximum absolute atomic E-state index is 10.8. The molecule has 0 radical (unpaired) electrons. The summed E-state index contributed by atoms with van der Waals surface area (Å²) in [5.74, 6) is 0.182. The SMILES string of the molecule is CCCCCCC/C=C/CS(C)(=O)=O. The molecule has 0 fully saturated rings. The highest BCUT2D eigenvalue weighted by molar-refractivity contribution is 7.90. The fourth-order valence-electron chi connectivity index (χ4n) is 1.23. The minimum absolute atomic E-state index is 0.182. The van der Waals surface area contributed by atoms with Gasteiger partial charge in [-0.3, -0.25) is 0 Å². The van der Waals surface area contributed by atoms with Crippen molar-refractivity contribution in [2.24, 2.45) is 0 Å². The van der Waals surface area contributed by atoms with Gasteiger partial charge < -0.3 is 0 Å². The van der Waals surface area contributed by atoms with Crippen LogP contribution < -0.4 is 0 Å². The highest BCUT2D eigenvalue weighted by Gasteiger charge is 1.95. The molecule has 0 aliphatic carbocycles. The molecular weight excluding hydrogens is 196 g/mol. The molecular formula is C11H22O2S. The molecule has 0 heterocycles. The van der Waals surface area contributed by atoms with Gasteiger partial charge in [-0.15, -0.1) is 0 Å². The van der Waals surface area contributed by atoms with Gasteiger partial charge in [0.15, 0.2) is 9.84 Å². The van der Waals surface area contributed by atoms with Crippen molar-refractivity contribution in [1.82, 2.24) is 0 Å². The Bertz CT molecular complexity index is 240. The van der Waals surface area contributed by atoms with E-state index in [-0.39, 0.29) is 5.75 Å². The lowest BCUT2D eigenvalue weighted by Gasteiger charge is -1.96. The summed E-state index contributed by atoms with van der Waals surface area (Å²) in [6, 6.07) is 0. The van der Waals surface area contributed by atoms with E-state index in [1.807, 2.05) is 6.08 Å². The van der Waals surface area contributed by atoms with Crippen LogP contribution in [0.5, 0.6) is 0 Å². The predicted octanol–water partition coefficient (Wildman–Crippen LogP) is 2.95. The number of sulfone groups is 1. The van der Waals surface area contributed by atoms with E-state index in [9.17, 15) is 8.42 Å². The van der Waals surface area contributed by atoms with Gasteiger partial charge in [0.2, 0.25) is 0 Å². The van der Waals surface area contributed by atoms with E-state index in [0.717, 1.165) is 6.42 Å². The van der Waals surface area contributed by atoms with Crippen LogP contribution in [0.4, 0.5) is 0 Å². The molecule has 0 saturated carbocycles. The van der Waals surface area contributed by atoms with Gasteiger partial charge in [0, 0.05) is 6.26 Å². The van der Waals surface area contributed by atoms with Crippen molar-refractivity contribution in [3.05, 3.63) is 12.2 Å². The van der Waals surface area contributed by atoms with E-state index >= 15 is 0 Å². The quantitative estimate of drug-likeness (QED) is 0.463. The van der Waals surface area contributed by atoms with Crippen LogP contribution in [0.15, 0.2) is 12.2 Å². The van der Waals surface area contributed by atoms with Gasteiger partial charge in [0.25, 0.3) is 0 Å². The summed E-state index contributed by atoms with van der Waals surface area (Å²) in [5.41, 5.74) is 0. The van der Waals surface area contributed by atoms with Crippen molar-refractivity contribution in [2.75, 3.05) is 12.0 Å². The number of allylic oxidation sites excluding steroid dienone is 1. The van der Waals surface area contributed by atoms with Gasteiger partial charge in [-0.1, -0.05) is 44.8 Å². The zero-order valence-electron chi connectivity index (χ0n) is 9.33. The molecule has 0 spiro atoms. The van der Waals surface area contributed by atoms with Gasteiger partial charge in [0.1, 0.15) is 0 Å². The Morgan fingerprint density at radius 3 is 2.21 bits per heavy atom. The number of unbranched alkanes of at least 4 members (excludes halogenated alkanes) is 5. The Morgan fingerprint density at radius 1 is 1.00 bits per heavy atom. The molecule has 0 amide bonds. The summed E-state index contributed by atoms with van der Waals surface area (Å²) in [4.78, 5) is 0. The third kappa shape index (κ3) is 11.7. The number of hydrogen-bond donors (Lipinski definition) is 0. The Balaban J connectivity index is 3.28. The minimum Gasteiger partial charge on any atom is -0.229 e. The van der Waals surface area contributed by atoms with E-state index in [1.165, 1.54) is 38.4 Å². The van der Waals surface area contributed by atoms with E-state index in [1.54, 1.807) is 6.08 Å². The average Bonchev–Trinajstić information content (AvgIpc) is 2.08. The van der Waals surface area contributed by atoms with Crippen molar-refractivity contribution in [3.63, 3.8) is 0 Å².